The number of nitrogens with one attached hydrogen (secondary N) is 1. The average molecular weight is 270 g/mol. The van der Waals surface area contributed by atoms with Crippen molar-refractivity contribution in [3.05, 3.63) is 71.0 Å². The third-order valence-corrected chi connectivity index (χ3v) is 4.08. The van der Waals surface area contributed by atoms with Crippen LogP contribution in [0.5, 0.6) is 0 Å². The van der Waals surface area contributed by atoms with Crippen LogP contribution in [0, 0.1) is 5.82 Å². The van der Waals surface area contributed by atoms with E-state index in [0.717, 1.165) is 12.0 Å². The summed E-state index contributed by atoms with van der Waals surface area (Å²) < 4.78 is 13.0. The highest BCUT2D eigenvalue weighted by Crippen LogP contribution is 2.38. The van der Waals surface area contributed by atoms with Crippen LogP contribution in [-0.2, 0) is 0 Å². The maximum Gasteiger partial charge on any atom is 0.123 e. The van der Waals surface area contributed by atoms with Gasteiger partial charge in [-0.15, -0.1) is 0 Å². The van der Waals surface area contributed by atoms with Gasteiger partial charge in [-0.25, -0.2) is 4.39 Å². The van der Waals surface area contributed by atoms with Gasteiger partial charge in [-0.1, -0.05) is 36.4 Å². The molecule has 3 rings (SSSR count). The molecular weight excluding hydrogens is 251 g/mol. The number of halogens is 1. The van der Waals surface area contributed by atoms with E-state index in [1.165, 1.54) is 23.3 Å². The van der Waals surface area contributed by atoms with Crippen LogP contribution in [0.25, 0.3) is 0 Å². The van der Waals surface area contributed by atoms with Crippen LogP contribution in [0.4, 0.5) is 4.39 Å². The zero-order chi connectivity index (χ0) is 14.1. The molecule has 2 unspecified atom stereocenters. The smallest absolute Gasteiger partial charge is 0.123 e. The second-order valence-corrected chi connectivity index (χ2v) is 5.46. The maximum atomic E-state index is 13.0. The third kappa shape index (κ3) is 2.47. The van der Waals surface area contributed by atoms with Crippen molar-refractivity contribution in [1.29, 1.82) is 0 Å². The molecule has 0 saturated carbocycles. The Kier molecular flexibility index (Phi) is 3.55. The molecule has 0 fully saturated rings. The first-order chi connectivity index (χ1) is 9.65. The lowest BCUT2D eigenvalue weighted by Crippen LogP contribution is -2.23. The Morgan fingerprint density at radius 3 is 2.45 bits per heavy atom. The van der Waals surface area contributed by atoms with Crippen molar-refractivity contribution in [2.45, 2.75) is 31.5 Å². The normalized spacial score (nSPS) is 22.6. The Bertz CT molecular complexity index is 594. The van der Waals surface area contributed by atoms with Gasteiger partial charge in [-0.05, 0) is 42.2 Å². The molecule has 2 aromatic rings. The van der Waals surface area contributed by atoms with Crippen LogP contribution in [0.1, 0.15) is 48.2 Å². The molecule has 0 amide bonds. The number of hydrogen-bond donors (Lipinski definition) is 2. The van der Waals surface area contributed by atoms with E-state index >= 15 is 0 Å². The van der Waals surface area contributed by atoms with Crippen molar-refractivity contribution < 1.29 is 4.39 Å². The van der Waals surface area contributed by atoms with E-state index in [-0.39, 0.29) is 23.9 Å². The Morgan fingerprint density at radius 1 is 1.10 bits per heavy atom. The fourth-order valence-corrected chi connectivity index (χ4v) is 2.98. The molecule has 3 N–H and O–H groups in total. The summed E-state index contributed by atoms with van der Waals surface area (Å²) in [6.07, 6.45) is 0.908. The van der Waals surface area contributed by atoms with Gasteiger partial charge in [-0.3, -0.25) is 0 Å². The monoisotopic (exact) mass is 270 g/mol. The molecular formula is C17H19FN2. The van der Waals surface area contributed by atoms with E-state index in [1.54, 1.807) is 0 Å². The second-order valence-electron chi connectivity index (χ2n) is 5.46. The van der Waals surface area contributed by atoms with E-state index in [1.807, 2.05) is 24.3 Å². The molecule has 0 aliphatic heterocycles. The molecule has 20 heavy (non-hydrogen) atoms. The minimum atomic E-state index is -0.200. The summed E-state index contributed by atoms with van der Waals surface area (Å²) in [6, 6.07) is 15.5. The Labute approximate surface area is 118 Å². The molecule has 0 spiro atoms. The van der Waals surface area contributed by atoms with E-state index in [0.29, 0.717) is 0 Å². The fraction of sp³-hybridized carbons (Fsp3) is 0.294. The minimum Gasteiger partial charge on any atom is -0.324 e. The van der Waals surface area contributed by atoms with Gasteiger partial charge in [-0.2, -0.15) is 0 Å². The van der Waals surface area contributed by atoms with Crippen LogP contribution >= 0.6 is 0 Å². The van der Waals surface area contributed by atoms with Gasteiger partial charge in [0.15, 0.2) is 0 Å². The second kappa shape index (κ2) is 5.35. The Hall–Kier alpha value is -1.71. The van der Waals surface area contributed by atoms with E-state index in [4.69, 9.17) is 5.73 Å². The maximum absolute atomic E-state index is 13.0. The summed E-state index contributed by atoms with van der Waals surface area (Å²) >= 11 is 0. The van der Waals surface area contributed by atoms with Crippen molar-refractivity contribution in [3.63, 3.8) is 0 Å². The number of hydrogen-bond acceptors (Lipinski definition) is 2. The van der Waals surface area contributed by atoms with Crippen molar-refractivity contribution in [2.75, 3.05) is 0 Å². The van der Waals surface area contributed by atoms with Gasteiger partial charge < -0.3 is 11.1 Å². The van der Waals surface area contributed by atoms with Crippen LogP contribution < -0.4 is 11.1 Å². The largest absolute Gasteiger partial charge is 0.324 e. The molecule has 3 atom stereocenters. The zero-order valence-corrected chi connectivity index (χ0v) is 11.5. The SMILES string of the molecule is C[C@@H](NC1CC(N)c2ccccc21)c1ccc(F)cc1. The lowest BCUT2D eigenvalue weighted by atomic mass is 10.0. The molecule has 0 saturated heterocycles. The van der Waals surface area contributed by atoms with E-state index in [2.05, 4.69) is 24.4 Å². The average Bonchev–Trinajstić information content (AvgIpc) is 2.77. The lowest BCUT2D eigenvalue weighted by Gasteiger charge is -2.21. The van der Waals surface area contributed by atoms with E-state index in [9.17, 15) is 4.39 Å². The first kappa shape index (κ1) is 13.3. The number of nitrogens with two attached hydrogens (primary N) is 1. The van der Waals surface area contributed by atoms with Crippen molar-refractivity contribution >= 4 is 0 Å². The summed E-state index contributed by atoms with van der Waals surface area (Å²) in [5.74, 6) is -0.200. The molecule has 0 bridgehead atoms. The first-order valence-corrected chi connectivity index (χ1v) is 7.01. The number of fused-ring (bicyclic) bond motifs is 1. The molecule has 2 nitrogen and oxygen atoms in total. The predicted octanol–water partition coefficient (Wildman–Crippen LogP) is 3.62. The van der Waals surface area contributed by atoms with Gasteiger partial charge in [0.1, 0.15) is 5.82 Å². The molecule has 0 aromatic heterocycles. The predicted molar refractivity (Wildman–Crippen MR) is 78.7 cm³/mol. The van der Waals surface area contributed by atoms with Gasteiger partial charge >= 0.3 is 0 Å². The highest BCUT2D eigenvalue weighted by Gasteiger charge is 2.28. The highest BCUT2D eigenvalue weighted by atomic mass is 19.1. The summed E-state index contributed by atoms with van der Waals surface area (Å²) in [7, 11) is 0. The zero-order valence-electron chi connectivity index (χ0n) is 11.5. The summed E-state index contributed by atoms with van der Waals surface area (Å²) in [4.78, 5) is 0. The Balaban J connectivity index is 1.77. The van der Waals surface area contributed by atoms with Gasteiger partial charge in [0, 0.05) is 18.1 Å². The standard InChI is InChI=1S/C17H19FN2/c1-11(12-6-8-13(18)9-7-12)20-17-10-16(19)14-4-2-3-5-15(14)17/h2-9,11,16-17,20H,10,19H2,1H3/t11-,16?,17?/m1/s1. The number of benzene rings is 2. The van der Waals surface area contributed by atoms with E-state index < -0.39 is 0 Å². The fourth-order valence-electron chi connectivity index (χ4n) is 2.98. The van der Waals surface area contributed by atoms with Crippen LogP contribution in [0.2, 0.25) is 0 Å². The van der Waals surface area contributed by atoms with Crippen LogP contribution in [0.3, 0.4) is 0 Å². The quantitative estimate of drug-likeness (QED) is 0.894. The molecule has 0 radical (unpaired) electrons. The summed E-state index contributed by atoms with van der Waals surface area (Å²) in [6.45, 7) is 2.10. The highest BCUT2D eigenvalue weighted by molar-refractivity contribution is 5.37. The molecule has 0 heterocycles. The summed E-state index contributed by atoms with van der Waals surface area (Å²) in [5, 5.41) is 3.60. The molecule has 1 aliphatic rings. The summed E-state index contributed by atoms with van der Waals surface area (Å²) in [5.41, 5.74) is 9.79. The molecule has 2 aromatic carbocycles. The molecule has 1 aliphatic carbocycles. The molecule has 104 valence electrons. The third-order valence-electron chi connectivity index (χ3n) is 4.08. The van der Waals surface area contributed by atoms with Gasteiger partial charge in [0.25, 0.3) is 0 Å². The lowest BCUT2D eigenvalue weighted by molar-refractivity contribution is 0.445. The number of rotatable bonds is 3. The van der Waals surface area contributed by atoms with Crippen molar-refractivity contribution in [3.8, 4) is 0 Å². The van der Waals surface area contributed by atoms with Gasteiger partial charge in [0.2, 0.25) is 0 Å². The van der Waals surface area contributed by atoms with Crippen LogP contribution in [0.15, 0.2) is 48.5 Å². The minimum absolute atomic E-state index is 0.101. The first-order valence-electron chi connectivity index (χ1n) is 7.01. The molecule has 3 heteroatoms. The Morgan fingerprint density at radius 2 is 1.75 bits per heavy atom. The topological polar surface area (TPSA) is 38.0 Å². The van der Waals surface area contributed by atoms with Crippen molar-refractivity contribution in [2.24, 2.45) is 5.73 Å². The van der Waals surface area contributed by atoms with Crippen molar-refractivity contribution in [1.82, 2.24) is 5.32 Å². The van der Waals surface area contributed by atoms with Gasteiger partial charge in [0.05, 0.1) is 0 Å². The van der Waals surface area contributed by atoms with Crippen LogP contribution in [-0.4, -0.2) is 0 Å².